The van der Waals surface area contributed by atoms with Crippen molar-refractivity contribution in [3.05, 3.63) is 29.8 Å². The van der Waals surface area contributed by atoms with Crippen LogP contribution in [0.4, 0.5) is 13.2 Å². The average Bonchev–Trinajstić information content (AvgIpc) is 2.43. The van der Waals surface area contributed by atoms with E-state index in [2.05, 4.69) is 10.1 Å². The highest BCUT2D eigenvalue weighted by molar-refractivity contribution is 5.81. The molecule has 21 heavy (non-hydrogen) atoms. The van der Waals surface area contributed by atoms with E-state index in [1.165, 1.54) is 12.1 Å². The van der Waals surface area contributed by atoms with Crippen LogP contribution in [0.5, 0.6) is 5.75 Å². The topological polar surface area (TPSA) is 64.4 Å². The Bertz CT molecular complexity index is 447. The Morgan fingerprint density at radius 3 is 2.48 bits per heavy atom. The standard InChI is InChI=1S/C14H19F3N2O2/c1-2-3-12(18)13(20)19-8-10-4-6-11(7-5-10)21-9-14(15,16)17/h4-7,12H,2-3,8-9,18H2,1H3,(H,19,20)/t12-/m1/s1. The van der Waals surface area contributed by atoms with Crippen LogP contribution in [0.3, 0.4) is 0 Å². The molecule has 1 amide bonds. The Balaban J connectivity index is 2.42. The fourth-order valence-electron chi connectivity index (χ4n) is 1.63. The molecule has 0 aromatic heterocycles. The van der Waals surface area contributed by atoms with E-state index in [-0.39, 0.29) is 18.2 Å². The second kappa shape index (κ2) is 7.87. The zero-order valence-corrected chi connectivity index (χ0v) is 11.7. The number of ether oxygens (including phenoxy) is 1. The van der Waals surface area contributed by atoms with Crippen LogP contribution >= 0.6 is 0 Å². The number of carbonyl (C=O) groups is 1. The van der Waals surface area contributed by atoms with Crippen molar-refractivity contribution in [2.75, 3.05) is 6.61 Å². The van der Waals surface area contributed by atoms with Crippen LogP contribution in [0.15, 0.2) is 24.3 Å². The Morgan fingerprint density at radius 1 is 1.33 bits per heavy atom. The lowest BCUT2D eigenvalue weighted by Crippen LogP contribution is -2.40. The second-order valence-corrected chi connectivity index (χ2v) is 4.66. The SMILES string of the molecule is CCC[C@@H](N)C(=O)NCc1ccc(OCC(F)(F)F)cc1. The quantitative estimate of drug-likeness (QED) is 0.813. The molecule has 118 valence electrons. The largest absolute Gasteiger partial charge is 0.484 e. The maximum Gasteiger partial charge on any atom is 0.422 e. The van der Waals surface area contributed by atoms with Gasteiger partial charge in [-0.05, 0) is 24.1 Å². The molecule has 1 atom stereocenters. The molecule has 0 radical (unpaired) electrons. The van der Waals surface area contributed by atoms with Gasteiger partial charge in [-0.25, -0.2) is 0 Å². The Morgan fingerprint density at radius 2 is 1.95 bits per heavy atom. The zero-order chi connectivity index (χ0) is 15.9. The first-order valence-electron chi connectivity index (χ1n) is 6.63. The van der Waals surface area contributed by atoms with E-state index in [4.69, 9.17) is 5.73 Å². The van der Waals surface area contributed by atoms with Gasteiger partial charge in [-0.1, -0.05) is 25.5 Å². The van der Waals surface area contributed by atoms with Crippen molar-refractivity contribution >= 4 is 5.91 Å². The number of hydrogen-bond donors (Lipinski definition) is 2. The first-order chi connectivity index (χ1) is 9.81. The zero-order valence-electron chi connectivity index (χ0n) is 11.7. The lowest BCUT2D eigenvalue weighted by Gasteiger charge is -2.12. The smallest absolute Gasteiger partial charge is 0.422 e. The van der Waals surface area contributed by atoms with Gasteiger partial charge < -0.3 is 15.8 Å². The maximum absolute atomic E-state index is 12.0. The summed E-state index contributed by atoms with van der Waals surface area (Å²) in [4.78, 5) is 11.6. The summed E-state index contributed by atoms with van der Waals surface area (Å²) in [7, 11) is 0. The summed E-state index contributed by atoms with van der Waals surface area (Å²) in [5.41, 5.74) is 6.41. The number of alkyl halides is 3. The molecule has 3 N–H and O–H groups in total. The van der Waals surface area contributed by atoms with Gasteiger partial charge >= 0.3 is 6.18 Å². The summed E-state index contributed by atoms with van der Waals surface area (Å²) in [6, 6.07) is 5.51. The molecule has 0 aliphatic carbocycles. The molecule has 1 aromatic rings. The lowest BCUT2D eigenvalue weighted by atomic mass is 10.1. The van der Waals surface area contributed by atoms with Crippen molar-refractivity contribution in [1.82, 2.24) is 5.32 Å². The van der Waals surface area contributed by atoms with E-state index in [1.807, 2.05) is 6.92 Å². The molecule has 0 aliphatic rings. The van der Waals surface area contributed by atoms with Gasteiger partial charge in [0.25, 0.3) is 0 Å². The molecule has 0 unspecified atom stereocenters. The van der Waals surface area contributed by atoms with E-state index >= 15 is 0 Å². The van der Waals surface area contributed by atoms with Crippen LogP contribution in [-0.4, -0.2) is 24.7 Å². The summed E-state index contributed by atoms with van der Waals surface area (Å²) in [5, 5.41) is 2.67. The van der Waals surface area contributed by atoms with Gasteiger partial charge in [-0.2, -0.15) is 13.2 Å². The number of rotatable bonds is 7. The molecular weight excluding hydrogens is 285 g/mol. The fourth-order valence-corrected chi connectivity index (χ4v) is 1.63. The van der Waals surface area contributed by atoms with Crippen molar-refractivity contribution in [1.29, 1.82) is 0 Å². The summed E-state index contributed by atoms with van der Waals surface area (Å²) < 4.78 is 40.5. The number of halogens is 3. The first kappa shape index (κ1) is 17.3. The molecule has 0 spiro atoms. The van der Waals surface area contributed by atoms with E-state index in [0.29, 0.717) is 6.42 Å². The minimum atomic E-state index is -4.36. The summed E-state index contributed by atoms with van der Waals surface area (Å²) in [6.07, 6.45) is -2.93. The third-order valence-corrected chi connectivity index (χ3v) is 2.73. The van der Waals surface area contributed by atoms with E-state index in [0.717, 1.165) is 12.0 Å². The third kappa shape index (κ3) is 6.99. The highest BCUT2D eigenvalue weighted by Crippen LogP contribution is 2.18. The number of hydrogen-bond acceptors (Lipinski definition) is 3. The number of nitrogens with two attached hydrogens (primary N) is 1. The minimum Gasteiger partial charge on any atom is -0.484 e. The summed E-state index contributed by atoms with van der Waals surface area (Å²) in [6.45, 7) is 0.886. The Hall–Kier alpha value is -1.76. The van der Waals surface area contributed by atoms with E-state index < -0.39 is 18.8 Å². The molecule has 0 bridgehead atoms. The second-order valence-electron chi connectivity index (χ2n) is 4.66. The van der Waals surface area contributed by atoms with Crippen LogP contribution in [-0.2, 0) is 11.3 Å². The van der Waals surface area contributed by atoms with Gasteiger partial charge in [0.15, 0.2) is 6.61 Å². The summed E-state index contributed by atoms with van der Waals surface area (Å²) >= 11 is 0. The van der Waals surface area contributed by atoms with Crippen molar-refractivity contribution in [3.63, 3.8) is 0 Å². The molecule has 7 heteroatoms. The van der Waals surface area contributed by atoms with Crippen LogP contribution in [0, 0.1) is 0 Å². The van der Waals surface area contributed by atoms with Gasteiger partial charge in [-0.15, -0.1) is 0 Å². The van der Waals surface area contributed by atoms with E-state index in [9.17, 15) is 18.0 Å². The summed E-state index contributed by atoms with van der Waals surface area (Å²) in [5.74, 6) is -0.112. The number of benzene rings is 1. The van der Waals surface area contributed by atoms with Crippen molar-refractivity contribution < 1.29 is 22.7 Å². The van der Waals surface area contributed by atoms with Crippen LogP contribution < -0.4 is 15.8 Å². The molecule has 0 fully saturated rings. The van der Waals surface area contributed by atoms with Crippen LogP contribution in [0.25, 0.3) is 0 Å². The van der Waals surface area contributed by atoms with Gasteiger partial charge in [0.05, 0.1) is 6.04 Å². The number of amides is 1. The fraction of sp³-hybridized carbons (Fsp3) is 0.500. The highest BCUT2D eigenvalue weighted by Gasteiger charge is 2.28. The Labute approximate surface area is 121 Å². The van der Waals surface area contributed by atoms with E-state index in [1.54, 1.807) is 12.1 Å². The molecule has 1 aromatic carbocycles. The van der Waals surface area contributed by atoms with Crippen LogP contribution in [0.1, 0.15) is 25.3 Å². The molecule has 0 saturated heterocycles. The molecular formula is C14H19F3N2O2. The van der Waals surface area contributed by atoms with Crippen molar-refractivity contribution in [3.8, 4) is 5.75 Å². The normalized spacial score (nSPS) is 12.8. The molecule has 0 saturated carbocycles. The van der Waals surface area contributed by atoms with Gasteiger partial charge in [0, 0.05) is 6.54 Å². The van der Waals surface area contributed by atoms with Crippen molar-refractivity contribution in [2.24, 2.45) is 5.73 Å². The average molecular weight is 304 g/mol. The van der Waals surface area contributed by atoms with Gasteiger partial charge in [0.1, 0.15) is 5.75 Å². The molecule has 0 heterocycles. The minimum absolute atomic E-state index is 0.130. The predicted molar refractivity (Wildman–Crippen MR) is 72.7 cm³/mol. The first-order valence-corrected chi connectivity index (χ1v) is 6.63. The van der Waals surface area contributed by atoms with Crippen molar-refractivity contribution in [2.45, 2.75) is 38.5 Å². The molecule has 1 rings (SSSR count). The van der Waals surface area contributed by atoms with Crippen LogP contribution in [0.2, 0.25) is 0 Å². The number of nitrogens with one attached hydrogen (secondary N) is 1. The number of carbonyl (C=O) groups excluding carboxylic acids is 1. The monoisotopic (exact) mass is 304 g/mol. The van der Waals surface area contributed by atoms with Gasteiger partial charge in [-0.3, -0.25) is 4.79 Å². The lowest BCUT2D eigenvalue weighted by molar-refractivity contribution is -0.153. The third-order valence-electron chi connectivity index (χ3n) is 2.73. The van der Waals surface area contributed by atoms with Gasteiger partial charge in [0.2, 0.25) is 5.91 Å². The molecule has 0 aliphatic heterocycles. The predicted octanol–water partition coefficient (Wildman–Crippen LogP) is 2.37. The highest BCUT2D eigenvalue weighted by atomic mass is 19.4. The molecule has 4 nitrogen and oxygen atoms in total. The Kier molecular flexibility index (Phi) is 6.48. The maximum atomic E-state index is 12.0.